The van der Waals surface area contributed by atoms with Crippen LogP contribution in [-0.2, 0) is 12.8 Å². The monoisotopic (exact) mass is 287 g/mol. The summed E-state index contributed by atoms with van der Waals surface area (Å²) in [6.07, 6.45) is 10.7. The smallest absolute Gasteiger partial charge is 0.119 e. The van der Waals surface area contributed by atoms with Crippen molar-refractivity contribution in [2.24, 2.45) is 5.41 Å². The van der Waals surface area contributed by atoms with Gasteiger partial charge in [-0.25, -0.2) is 0 Å². The van der Waals surface area contributed by atoms with Crippen molar-refractivity contribution in [1.82, 2.24) is 5.32 Å². The molecule has 0 radical (unpaired) electrons. The molecule has 0 aromatic heterocycles. The zero-order valence-corrected chi connectivity index (χ0v) is 13.6. The number of methoxy groups -OCH3 is 1. The molecule has 1 atom stereocenters. The van der Waals surface area contributed by atoms with Gasteiger partial charge in [0.15, 0.2) is 0 Å². The first kappa shape index (κ1) is 14.9. The van der Waals surface area contributed by atoms with Crippen molar-refractivity contribution >= 4 is 0 Å². The molecule has 3 rings (SSSR count). The van der Waals surface area contributed by atoms with Gasteiger partial charge in [-0.3, -0.25) is 0 Å². The lowest BCUT2D eigenvalue weighted by Crippen LogP contribution is -2.42. The van der Waals surface area contributed by atoms with Crippen LogP contribution in [0.2, 0.25) is 0 Å². The molecule has 0 amide bonds. The van der Waals surface area contributed by atoms with E-state index < -0.39 is 0 Å². The average molecular weight is 287 g/mol. The maximum atomic E-state index is 5.37. The summed E-state index contributed by atoms with van der Waals surface area (Å²) in [5.41, 5.74) is 3.53. The Morgan fingerprint density at radius 2 is 2.00 bits per heavy atom. The van der Waals surface area contributed by atoms with Crippen LogP contribution >= 0.6 is 0 Å². The van der Waals surface area contributed by atoms with Crippen molar-refractivity contribution in [2.45, 2.75) is 64.3 Å². The van der Waals surface area contributed by atoms with Gasteiger partial charge >= 0.3 is 0 Å². The van der Waals surface area contributed by atoms with E-state index in [4.69, 9.17) is 4.74 Å². The Balaban J connectivity index is 1.58. The lowest BCUT2D eigenvalue weighted by Gasteiger charge is -2.36. The normalized spacial score (nSPS) is 24.4. The number of benzene rings is 1. The van der Waals surface area contributed by atoms with E-state index in [0.717, 1.165) is 12.2 Å². The number of fused-ring (bicyclic) bond motifs is 1. The minimum absolute atomic E-state index is 0.535. The number of hydrogen-bond acceptors (Lipinski definition) is 2. The second kappa shape index (κ2) is 6.39. The van der Waals surface area contributed by atoms with E-state index in [9.17, 15) is 0 Å². The van der Waals surface area contributed by atoms with Crippen molar-refractivity contribution < 1.29 is 4.74 Å². The summed E-state index contributed by atoms with van der Waals surface area (Å²) in [7, 11) is 1.75. The molecule has 2 nitrogen and oxygen atoms in total. The molecule has 1 saturated carbocycles. The largest absolute Gasteiger partial charge is 0.497 e. The highest BCUT2D eigenvalue weighted by atomic mass is 16.5. The molecule has 0 saturated heterocycles. The molecule has 116 valence electrons. The van der Waals surface area contributed by atoms with Crippen molar-refractivity contribution in [2.75, 3.05) is 13.7 Å². The number of nitrogens with one attached hydrogen (secondary N) is 1. The number of hydrogen-bond donors (Lipinski definition) is 1. The molecule has 1 fully saturated rings. The topological polar surface area (TPSA) is 21.3 Å². The van der Waals surface area contributed by atoms with Crippen LogP contribution in [0.4, 0.5) is 0 Å². The van der Waals surface area contributed by atoms with Gasteiger partial charge in [0.1, 0.15) is 5.75 Å². The lowest BCUT2D eigenvalue weighted by atomic mass is 9.75. The minimum atomic E-state index is 0.535. The average Bonchev–Trinajstić information content (AvgIpc) is 2.53. The molecule has 0 spiro atoms. The maximum Gasteiger partial charge on any atom is 0.119 e. The Labute approximate surface area is 129 Å². The van der Waals surface area contributed by atoms with Gasteiger partial charge in [0.05, 0.1) is 7.11 Å². The molecule has 1 aromatic carbocycles. The van der Waals surface area contributed by atoms with Gasteiger partial charge in [0, 0.05) is 12.6 Å². The third kappa shape index (κ3) is 3.60. The first-order valence-corrected chi connectivity index (χ1v) is 8.58. The Hall–Kier alpha value is -1.02. The van der Waals surface area contributed by atoms with Crippen molar-refractivity contribution in [1.29, 1.82) is 0 Å². The Morgan fingerprint density at radius 1 is 1.19 bits per heavy atom. The molecule has 2 heteroatoms. The molecular formula is C19H29NO. The Bertz CT molecular complexity index is 476. The molecule has 1 N–H and O–H groups in total. The van der Waals surface area contributed by atoms with Crippen molar-refractivity contribution in [3.63, 3.8) is 0 Å². The zero-order valence-electron chi connectivity index (χ0n) is 13.6. The van der Waals surface area contributed by atoms with Gasteiger partial charge in [-0.15, -0.1) is 0 Å². The summed E-state index contributed by atoms with van der Waals surface area (Å²) in [4.78, 5) is 0. The van der Waals surface area contributed by atoms with Crippen LogP contribution in [0.5, 0.6) is 5.75 Å². The predicted octanol–water partition coefficient (Wildman–Crippen LogP) is 4.11. The highest BCUT2D eigenvalue weighted by Crippen LogP contribution is 2.35. The SMILES string of the molecule is COc1ccc2c(c1)CC(NCC1(C)CCCCC1)CC2. The fourth-order valence-electron chi connectivity index (χ4n) is 4.01. The molecule has 2 aliphatic carbocycles. The third-order valence-electron chi connectivity index (χ3n) is 5.52. The summed E-state index contributed by atoms with van der Waals surface area (Å²) < 4.78 is 5.37. The molecule has 1 aromatic rings. The Morgan fingerprint density at radius 3 is 2.76 bits per heavy atom. The summed E-state index contributed by atoms with van der Waals surface area (Å²) in [5, 5.41) is 3.87. The van der Waals surface area contributed by atoms with Crippen LogP contribution in [0, 0.1) is 5.41 Å². The third-order valence-corrected chi connectivity index (χ3v) is 5.52. The van der Waals surface area contributed by atoms with Crippen LogP contribution in [-0.4, -0.2) is 19.7 Å². The van der Waals surface area contributed by atoms with E-state index in [2.05, 4.69) is 30.4 Å². The second-order valence-corrected chi connectivity index (χ2v) is 7.33. The standard InChI is InChI=1S/C19H29NO/c1-19(10-4-3-5-11-19)14-20-17-8-6-15-7-9-18(21-2)13-16(15)12-17/h7,9,13,17,20H,3-6,8,10-12,14H2,1-2H3. The second-order valence-electron chi connectivity index (χ2n) is 7.33. The van der Waals surface area contributed by atoms with E-state index in [0.29, 0.717) is 11.5 Å². The number of aryl methyl sites for hydroxylation is 1. The number of ether oxygens (including phenoxy) is 1. The zero-order chi connectivity index (χ0) is 14.7. The number of rotatable bonds is 4. The lowest BCUT2D eigenvalue weighted by molar-refractivity contribution is 0.197. The molecule has 21 heavy (non-hydrogen) atoms. The van der Waals surface area contributed by atoms with Crippen molar-refractivity contribution in [3.8, 4) is 5.75 Å². The van der Waals surface area contributed by atoms with E-state index >= 15 is 0 Å². The highest BCUT2D eigenvalue weighted by Gasteiger charge is 2.28. The van der Waals surface area contributed by atoms with Gasteiger partial charge in [0.2, 0.25) is 0 Å². The first-order valence-electron chi connectivity index (χ1n) is 8.58. The van der Waals surface area contributed by atoms with Crippen LogP contribution in [0.15, 0.2) is 18.2 Å². The summed E-state index contributed by atoms with van der Waals surface area (Å²) >= 11 is 0. The first-order chi connectivity index (χ1) is 10.2. The maximum absolute atomic E-state index is 5.37. The van der Waals surface area contributed by atoms with Gasteiger partial charge in [-0.05, 0) is 60.8 Å². The molecule has 0 heterocycles. The molecule has 0 aliphatic heterocycles. The summed E-state index contributed by atoms with van der Waals surface area (Å²) in [5.74, 6) is 0.994. The Kier molecular flexibility index (Phi) is 4.54. The minimum Gasteiger partial charge on any atom is -0.497 e. The van der Waals surface area contributed by atoms with Crippen LogP contribution in [0.3, 0.4) is 0 Å². The van der Waals surface area contributed by atoms with Gasteiger partial charge < -0.3 is 10.1 Å². The molecule has 0 bridgehead atoms. The predicted molar refractivity (Wildman–Crippen MR) is 88.0 cm³/mol. The van der Waals surface area contributed by atoms with Gasteiger partial charge in [-0.1, -0.05) is 32.3 Å². The summed E-state index contributed by atoms with van der Waals surface area (Å²) in [6.45, 7) is 3.66. The molecule has 1 unspecified atom stereocenters. The van der Waals surface area contributed by atoms with Crippen LogP contribution in [0.25, 0.3) is 0 Å². The quantitative estimate of drug-likeness (QED) is 0.899. The molecule has 2 aliphatic rings. The summed E-state index contributed by atoms with van der Waals surface area (Å²) in [6, 6.07) is 7.21. The van der Waals surface area contributed by atoms with E-state index in [-0.39, 0.29) is 0 Å². The van der Waals surface area contributed by atoms with Crippen LogP contribution in [0.1, 0.15) is 56.6 Å². The van der Waals surface area contributed by atoms with Gasteiger partial charge in [0.25, 0.3) is 0 Å². The van der Waals surface area contributed by atoms with Crippen LogP contribution < -0.4 is 10.1 Å². The fourth-order valence-corrected chi connectivity index (χ4v) is 4.01. The van der Waals surface area contributed by atoms with E-state index in [1.54, 1.807) is 7.11 Å². The van der Waals surface area contributed by atoms with E-state index in [1.807, 2.05) is 0 Å². The molecular weight excluding hydrogens is 258 g/mol. The van der Waals surface area contributed by atoms with Gasteiger partial charge in [-0.2, -0.15) is 0 Å². The van der Waals surface area contributed by atoms with Crippen molar-refractivity contribution in [3.05, 3.63) is 29.3 Å². The van der Waals surface area contributed by atoms with E-state index in [1.165, 1.54) is 62.6 Å². The fraction of sp³-hybridized carbons (Fsp3) is 0.684. The highest BCUT2D eigenvalue weighted by molar-refractivity contribution is 5.37.